The predicted octanol–water partition coefficient (Wildman–Crippen LogP) is 3.78. The first-order chi connectivity index (χ1) is 9.45. The van der Waals surface area contributed by atoms with Crippen LogP contribution in [0.4, 0.5) is 0 Å². The zero-order valence-corrected chi connectivity index (χ0v) is 13.0. The fourth-order valence-corrected chi connectivity index (χ4v) is 3.50. The van der Waals surface area contributed by atoms with Gasteiger partial charge in [-0.15, -0.1) is 0 Å². The fraction of sp³-hybridized carbons (Fsp3) is 0.875. The average Bonchev–Trinajstić information content (AvgIpc) is 2.96. The molecule has 0 aromatic heterocycles. The van der Waals surface area contributed by atoms with Crippen molar-refractivity contribution in [2.75, 3.05) is 0 Å². The first-order valence-corrected chi connectivity index (χ1v) is 7.88. The van der Waals surface area contributed by atoms with Crippen molar-refractivity contribution in [1.29, 1.82) is 0 Å². The topological polar surface area (TPSA) is 63.6 Å². The molecule has 1 saturated carbocycles. The second-order valence-electron chi connectivity index (χ2n) is 5.97. The molecule has 0 spiro atoms. The van der Waals surface area contributed by atoms with Crippen molar-refractivity contribution in [1.82, 2.24) is 0 Å². The lowest BCUT2D eigenvalue weighted by Gasteiger charge is -2.40. The standard InChI is InChI=1S/C16H28O4/c1-4-16(5-2,12(3)13-8-6-7-9-13)20-15(19)11-10-14(17)18/h12-13H,4-11H2,1-3H3,(H,17,18). The molecule has 0 saturated heterocycles. The van der Waals surface area contributed by atoms with Crippen LogP contribution in [0.2, 0.25) is 0 Å². The van der Waals surface area contributed by atoms with Crippen molar-refractivity contribution in [2.45, 2.75) is 77.7 Å². The largest absolute Gasteiger partial charge is 0.481 e. The second kappa shape index (κ2) is 7.65. The van der Waals surface area contributed by atoms with Crippen LogP contribution in [0.3, 0.4) is 0 Å². The molecule has 4 nitrogen and oxygen atoms in total. The normalized spacial score (nSPS) is 17.9. The van der Waals surface area contributed by atoms with E-state index >= 15 is 0 Å². The maximum absolute atomic E-state index is 11.9. The van der Waals surface area contributed by atoms with Crippen LogP contribution in [-0.2, 0) is 14.3 Å². The van der Waals surface area contributed by atoms with E-state index in [0.717, 1.165) is 12.8 Å². The van der Waals surface area contributed by atoms with E-state index in [2.05, 4.69) is 20.8 Å². The second-order valence-corrected chi connectivity index (χ2v) is 5.97. The van der Waals surface area contributed by atoms with Crippen LogP contribution in [0.25, 0.3) is 0 Å². The van der Waals surface area contributed by atoms with Gasteiger partial charge >= 0.3 is 11.9 Å². The van der Waals surface area contributed by atoms with Crippen molar-refractivity contribution < 1.29 is 19.4 Å². The van der Waals surface area contributed by atoms with Crippen molar-refractivity contribution in [3.05, 3.63) is 0 Å². The maximum atomic E-state index is 11.9. The van der Waals surface area contributed by atoms with Crippen LogP contribution >= 0.6 is 0 Å². The molecule has 0 amide bonds. The molecule has 1 fully saturated rings. The summed E-state index contributed by atoms with van der Waals surface area (Å²) in [6.07, 6.45) is 6.37. The van der Waals surface area contributed by atoms with Crippen molar-refractivity contribution in [3.63, 3.8) is 0 Å². The molecule has 1 atom stereocenters. The summed E-state index contributed by atoms with van der Waals surface area (Å²) in [7, 11) is 0. The van der Waals surface area contributed by atoms with Gasteiger partial charge in [0.1, 0.15) is 5.60 Å². The summed E-state index contributed by atoms with van der Waals surface area (Å²) >= 11 is 0. The van der Waals surface area contributed by atoms with Crippen LogP contribution < -0.4 is 0 Å². The number of carboxylic acid groups (broad SMARTS) is 1. The number of esters is 1. The van der Waals surface area contributed by atoms with Crippen molar-refractivity contribution in [2.24, 2.45) is 11.8 Å². The number of ether oxygens (including phenoxy) is 1. The zero-order chi connectivity index (χ0) is 15.2. The third-order valence-corrected chi connectivity index (χ3v) is 4.99. The van der Waals surface area contributed by atoms with E-state index < -0.39 is 11.6 Å². The predicted molar refractivity (Wildman–Crippen MR) is 77.4 cm³/mol. The Balaban J connectivity index is 2.69. The molecule has 0 bridgehead atoms. The Bertz CT molecular complexity index is 327. The van der Waals surface area contributed by atoms with Crippen molar-refractivity contribution in [3.8, 4) is 0 Å². The van der Waals surface area contributed by atoms with E-state index in [4.69, 9.17) is 9.84 Å². The minimum Gasteiger partial charge on any atom is -0.481 e. The molecule has 1 unspecified atom stereocenters. The number of carbonyl (C=O) groups is 2. The van der Waals surface area contributed by atoms with Gasteiger partial charge in [-0.25, -0.2) is 0 Å². The molecular weight excluding hydrogens is 256 g/mol. The summed E-state index contributed by atoms with van der Waals surface area (Å²) in [5, 5.41) is 8.65. The Hall–Kier alpha value is -1.06. The lowest BCUT2D eigenvalue weighted by molar-refractivity contribution is -0.171. The highest BCUT2D eigenvalue weighted by molar-refractivity contribution is 5.76. The minimum absolute atomic E-state index is 0.0333. The lowest BCUT2D eigenvalue weighted by atomic mass is 9.75. The number of aliphatic carboxylic acids is 1. The first kappa shape index (κ1) is 17.0. The molecule has 0 aromatic carbocycles. The van der Waals surface area contributed by atoms with Gasteiger partial charge in [-0.2, -0.15) is 0 Å². The Morgan fingerprint density at radius 2 is 1.75 bits per heavy atom. The Morgan fingerprint density at radius 1 is 1.20 bits per heavy atom. The molecule has 1 N–H and O–H groups in total. The molecule has 0 aliphatic heterocycles. The molecular formula is C16H28O4. The lowest BCUT2D eigenvalue weighted by Crippen LogP contribution is -2.43. The maximum Gasteiger partial charge on any atom is 0.306 e. The minimum atomic E-state index is -0.954. The van der Waals surface area contributed by atoms with E-state index in [0.29, 0.717) is 11.8 Å². The molecule has 1 rings (SSSR count). The van der Waals surface area contributed by atoms with E-state index in [1.54, 1.807) is 0 Å². The summed E-state index contributed by atoms with van der Waals surface area (Å²) in [6, 6.07) is 0. The van der Waals surface area contributed by atoms with Gasteiger partial charge in [0, 0.05) is 0 Å². The quantitative estimate of drug-likeness (QED) is 0.689. The third kappa shape index (κ3) is 4.22. The van der Waals surface area contributed by atoms with Crippen molar-refractivity contribution >= 4 is 11.9 Å². The Morgan fingerprint density at radius 3 is 2.20 bits per heavy atom. The summed E-state index contributed by atoms with van der Waals surface area (Å²) in [5.74, 6) is -0.360. The number of hydrogen-bond donors (Lipinski definition) is 1. The number of rotatable bonds is 8. The number of carbonyl (C=O) groups excluding carboxylic acids is 1. The van der Waals surface area contributed by atoms with E-state index in [-0.39, 0.29) is 18.8 Å². The van der Waals surface area contributed by atoms with Crippen LogP contribution in [0.1, 0.15) is 72.1 Å². The van der Waals surface area contributed by atoms with Gasteiger partial charge in [0.2, 0.25) is 0 Å². The van der Waals surface area contributed by atoms with Gasteiger partial charge in [-0.1, -0.05) is 46.5 Å². The van der Waals surface area contributed by atoms with E-state index in [1.165, 1.54) is 25.7 Å². The van der Waals surface area contributed by atoms with Gasteiger partial charge in [0.05, 0.1) is 12.8 Å². The monoisotopic (exact) mass is 284 g/mol. The van der Waals surface area contributed by atoms with Gasteiger partial charge in [0.25, 0.3) is 0 Å². The highest BCUT2D eigenvalue weighted by Crippen LogP contribution is 2.41. The van der Waals surface area contributed by atoms with Crippen LogP contribution in [0.5, 0.6) is 0 Å². The molecule has 116 valence electrons. The average molecular weight is 284 g/mol. The van der Waals surface area contributed by atoms with E-state index in [9.17, 15) is 9.59 Å². The number of carboxylic acids is 1. The highest BCUT2D eigenvalue weighted by Gasteiger charge is 2.41. The zero-order valence-electron chi connectivity index (χ0n) is 13.0. The molecule has 0 heterocycles. The third-order valence-electron chi connectivity index (χ3n) is 4.99. The molecule has 1 aliphatic rings. The summed E-state index contributed by atoms with van der Waals surface area (Å²) in [4.78, 5) is 22.5. The highest BCUT2D eigenvalue weighted by atomic mass is 16.6. The van der Waals surface area contributed by atoms with E-state index in [1.807, 2.05) is 0 Å². The molecule has 1 aliphatic carbocycles. The van der Waals surface area contributed by atoms with Gasteiger partial charge in [-0.05, 0) is 24.7 Å². The molecule has 0 aromatic rings. The molecule has 4 heteroatoms. The number of hydrogen-bond acceptors (Lipinski definition) is 3. The van der Waals surface area contributed by atoms with Crippen LogP contribution in [-0.4, -0.2) is 22.6 Å². The van der Waals surface area contributed by atoms with Crippen LogP contribution in [0, 0.1) is 11.8 Å². The molecule has 0 radical (unpaired) electrons. The SMILES string of the molecule is CCC(CC)(OC(=O)CCC(=O)O)C(C)C1CCCC1. The summed E-state index contributed by atoms with van der Waals surface area (Å²) < 4.78 is 5.76. The summed E-state index contributed by atoms with van der Waals surface area (Å²) in [6.45, 7) is 6.30. The molecule has 20 heavy (non-hydrogen) atoms. The summed E-state index contributed by atoms with van der Waals surface area (Å²) in [5.41, 5.74) is -0.426. The fourth-order valence-electron chi connectivity index (χ4n) is 3.50. The Labute approximate surface area is 121 Å². The van der Waals surface area contributed by atoms with Gasteiger partial charge in [0.15, 0.2) is 0 Å². The van der Waals surface area contributed by atoms with Crippen LogP contribution in [0.15, 0.2) is 0 Å². The van der Waals surface area contributed by atoms with Gasteiger partial charge in [-0.3, -0.25) is 9.59 Å². The first-order valence-electron chi connectivity index (χ1n) is 7.88. The van der Waals surface area contributed by atoms with Gasteiger partial charge < -0.3 is 9.84 Å². The Kier molecular flexibility index (Phi) is 6.50. The smallest absolute Gasteiger partial charge is 0.306 e.